The maximum absolute atomic E-state index is 10.4. The highest BCUT2D eigenvalue weighted by Gasteiger charge is 2.11. The average Bonchev–Trinajstić information content (AvgIpc) is 2.10. The molecule has 0 spiro atoms. The predicted molar refractivity (Wildman–Crippen MR) is 56.2 cm³/mol. The third-order valence-electron chi connectivity index (χ3n) is 1.49. The van der Waals surface area contributed by atoms with Crippen molar-refractivity contribution in [3.8, 4) is 0 Å². The van der Waals surface area contributed by atoms with Gasteiger partial charge in [0, 0.05) is 10.0 Å². The van der Waals surface area contributed by atoms with Gasteiger partial charge >= 0.3 is 0 Å². The van der Waals surface area contributed by atoms with Gasteiger partial charge in [-0.25, -0.2) is 0 Å². The molecule has 0 heterocycles. The van der Waals surface area contributed by atoms with Crippen molar-refractivity contribution in [2.75, 3.05) is 6.26 Å². The highest BCUT2D eigenvalue weighted by atomic mass is 79.9. The number of halogens is 1. The molecule has 2 nitrogen and oxygen atoms in total. The van der Waals surface area contributed by atoms with E-state index in [0.717, 1.165) is 10.0 Å². The summed E-state index contributed by atoms with van der Waals surface area (Å²) in [6, 6.07) is 7.61. The fourth-order valence-electron chi connectivity index (χ4n) is 0.902. The Balaban J connectivity index is 3.00. The van der Waals surface area contributed by atoms with Crippen LogP contribution in [0.1, 0.15) is 10.9 Å². The van der Waals surface area contributed by atoms with Gasteiger partial charge in [0.25, 0.3) is 0 Å². The molecule has 0 fully saturated rings. The van der Waals surface area contributed by atoms with Crippen LogP contribution in [0.15, 0.2) is 33.9 Å². The van der Waals surface area contributed by atoms with Crippen molar-refractivity contribution in [2.24, 2.45) is 5.18 Å². The Morgan fingerprint density at radius 2 is 2.17 bits per heavy atom. The van der Waals surface area contributed by atoms with E-state index < -0.39 is 0 Å². The molecule has 4 heteroatoms. The summed E-state index contributed by atoms with van der Waals surface area (Å²) in [5, 5.41) is 2.72. The van der Waals surface area contributed by atoms with Crippen LogP contribution >= 0.6 is 27.7 Å². The SMILES string of the molecule is CSC(N=O)c1ccccc1Br. The largest absolute Gasteiger partial charge is 0.163 e. The van der Waals surface area contributed by atoms with Crippen LogP contribution in [0.3, 0.4) is 0 Å². The van der Waals surface area contributed by atoms with Gasteiger partial charge in [-0.15, -0.1) is 16.7 Å². The molecule has 0 aliphatic carbocycles. The van der Waals surface area contributed by atoms with Gasteiger partial charge in [-0.2, -0.15) is 0 Å². The van der Waals surface area contributed by atoms with Gasteiger partial charge in [-0.05, 0) is 12.3 Å². The zero-order valence-corrected chi connectivity index (χ0v) is 8.93. The number of benzene rings is 1. The fourth-order valence-corrected chi connectivity index (χ4v) is 2.10. The first-order valence-corrected chi connectivity index (χ1v) is 5.47. The topological polar surface area (TPSA) is 29.4 Å². The Morgan fingerprint density at radius 3 is 2.67 bits per heavy atom. The molecule has 12 heavy (non-hydrogen) atoms. The van der Waals surface area contributed by atoms with Crippen molar-refractivity contribution >= 4 is 27.7 Å². The normalized spacial score (nSPS) is 12.5. The number of rotatable bonds is 3. The van der Waals surface area contributed by atoms with Crippen molar-refractivity contribution in [2.45, 2.75) is 5.37 Å². The van der Waals surface area contributed by atoms with Gasteiger partial charge in [0.1, 0.15) is 0 Å². The molecule has 0 amide bonds. The maximum Gasteiger partial charge on any atom is 0.163 e. The second-order valence-electron chi connectivity index (χ2n) is 2.21. The molecule has 1 aromatic carbocycles. The Morgan fingerprint density at radius 1 is 1.50 bits per heavy atom. The lowest BCUT2D eigenvalue weighted by molar-refractivity contribution is 1.01. The predicted octanol–water partition coefficient (Wildman–Crippen LogP) is 3.58. The molecule has 0 N–H and O–H groups in total. The smallest absolute Gasteiger partial charge is 0.149 e. The van der Waals surface area contributed by atoms with E-state index in [1.54, 1.807) is 0 Å². The van der Waals surface area contributed by atoms with Crippen LogP contribution in [0.4, 0.5) is 0 Å². The zero-order chi connectivity index (χ0) is 8.97. The highest BCUT2D eigenvalue weighted by molar-refractivity contribution is 9.10. The van der Waals surface area contributed by atoms with E-state index in [2.05, 4.69) is 21.1 Å². The molecule has 0 aliphatic heterocycles. The summed E-state index contributed by atoms with van der Waals surface area (Å²) in [5.74, 6) is 0. The number of hydrogen-bond donors (Lipinski definition) is 0. The molecular formula is C8H8BrNOS. The molecule has 1 aromatic rings. The summed E-state index contributed by atoms with van der Waals surface area (Å²) in [6.07, 6.45) is 1.87. The molecule has 0 bridgehead atoms. The van der Waals surface area contributed by atoms with Gasteiger partial charge < -0.3 is 0 Å². The van der Waals surface area contributed by atoms with Crippen molar-refractivity contribution in [1.82, 2.24) is 0 Å². The third kappa shape index (κ3) is 2.08. The molecule has 64 valence electrons. The van der Waals surface area contributed by atoms with Crippen LogP contribution in [-0.4, -0.2) is 6.26 Å². The van der Waals surface area contributed by atoms with E-state index in [1.807, 2.05) is 30.5 Å². The number of nitrogens with zero attached hydrogens (tertiary/aromatic N) is 1. The quantitative estimate of drug-likeness (QED) is 0.763. The first kappa shape index (κ1) is 9.74. The molecule has 1 atom stereocenters. The number of thioether (sulfide) groups is 1. The second-order valence-corrected chi connectivity index (χ2v) is 3.99. The molecule has 1 unspecified atom stereocenters. The van der Waals surface area contributed by atoms with Crippen molar-refractivity contribution in [3.63, 3.8) is 0 Å². The molecule has 1 rings (SSSR count). The first-order valence-electron chi connectivity index (χ1n) is 3.39. The Bertz CT molecular complexity index is 280. The van der Waals surface area contributed by atoms with Gasteiger partial charge in [0.05, 0.1) is 0 Å². The molecule has 0 aromatic heterocycles. The lowest BCUT2D eigenvalue weighted by atomic mass is 10.2. The lowest BCUT2D eigenvalue weighted by Gasteiger charge is -2.07. The minimum atomic E-state index is -0.305. The van der Waals surface area contributed by atoms with E-state index in [9.17, 15) is 4.91 Å². The minimum Gasteiger partial charge on any atom is -0.149 e. The van der Waals surface area contributed by atoms with Crippen LogP contribution in [-0.2, 0) is 0 Å². The summed E-state index contributed by atoms with van der Waals surface area (Å²) in [7, 11) is 0. The van der Waals surface area contributed by atoms with Crippen LogP contribution in [0.5, 0.6) is 0 Å². The Hall–Kier alpha value is -0.350. The van der Waals surface area contributed by atoms with E-state index in [1.165, 1.54) is 11.8 Å². The minimum absolute atomic E-state index is 0.305. The summed E-state index contributed by atoms with van der Waals surface area (Å²) in [4.78, 5) is 10.4. The van der Waals surface area contributed by atoms with Crippen LogP contribution in [0, 0.1) is 4.91 Å². The first-order chi connectivity index (χ1) is 5.79. The Kier molecular flexibility index (Phi) is 3.75. The zero-order valence-electron chi connectivity index (χ0n) is 6.53. The summed E-state index contributed by atoms with van der Waals surface area (Å²) >= 11 is 4.79. The van der Waals surface area contributed by atoms with E-state index >= 15 is 0 Å². The summed E-state index contributed by atoms with van der Waals surface area (Å²) in [5.41, 5.74) is 0.931. The van der Waals surface area contributed by atoms with Crippen molar-refractivity contribution in [3.05, 3.63) is 39.2 Å². The van der Waals surface area contributed by atoms with Gasteiger partial charge in [-0.3, -0.25) is 0 Å². The molecule has 0 aliphatic rings. The van der Waals surface area contributed by atoms with Gasteiger partial charge in [0.15, 0.2) is 5.37 Å². The second kappa shape index (κ2) is 4.62. The van der Waals surface area contributed by atoms with Gasteiger partial charge in [0.2, 0.25) is 0 Å². The van der Waals surface area contributed by atoms with Gasteiger partial charge in [-0.1, -0.05) is 39.3 Å². The molecule has 0 saturated carbocycles. The van der Waals surface area contributed by atoms with Crippen LogP contribution in [0.2, 0.25) is 0 Å². The van der Waals surface area contributed by atoms with Crippen LogP contribution < -0.4 is 0 Å². The maximum atomic E-state index is 10.4. The lowest BCUT2D eigenvalue weighted by Crippen LogP contribution is -1.89. The highest BCUT2D eigenvalue weighted by Crippen LogP contribution is 2.32. The number of nitroso groups, excluding NO2 is 1. The third-order valence-corrected chi connectivity index (χ3v) is 3.00. The molecule has 0 radical (unpaired) electrons. The molecule has 0 saturated heterocycles. The summed E-state index contributed by atoms with van der Waals surface area (Å²) in [6.45, 7) is 0. The van der Waals surface area contributed by atoms with E-state index in [-0.39, 0.29) is 5.37 Å². The standard InChI is InChI=1S/C8H8BrNOS/c1-12-8(10-11)6-4-2-3-5-7(6)9/h2-5,8H,1H3. The van der Waals surface area contributed by atoms with E-state index in [4.69, 9.17) is 0 Å². The molecular weight excluding hydrogens is 238 g/mol. The summed E-state index contributed by atoms with van der Waals surface area (Å²) < 4.78 is 0.934. The van der Waals surface area contributed by atoms with Crippen LogP contribution in [0.25, 0.3) is 0 Å². The van der Waals surface area contributed by atoms with Crippen molar-refractivity contribution < 1.29 is 0 Å². The van der Waals surface area contributed by atoms with E-state index in [0.29, 0.717) is 0 Å². The fraction of sp³-hybridized carbons (Fsp3) is 0.250. The van der Waals surface area contributed by atoms with Crippen molar-refractivity contribution in [1.29, 1.82) is 0 Å². The monoisotopic (exact) mass is 245 g/mol. The average molecular weight is 246 g/mol. The number of hydrogen-bond acceptors (Lipinski definition) is 3. The Labute approximate surface area is 83.8 Å².